The minimum atomic E-state index is -1.29. The fourth-order valence-electron chi connectivity index (χ4n) is 2.02. The van der Waals surface area contributed by atoms with E-state index in [1.165, 1.54) is 29.0 Å². The van der Waals surface area contributed by atoms with Gasteiger partial charge in [-0.15, -0.1) is 0 Å². The Morgan fingerprint density at radius 1 is 1.24 bits per heavy atom. The highest BCUT2D eigenvalue weighted by Crippen LogP contribution is 2.18. The van der Waals surface area contributed by atoms with Crippen molar-refractivity contribution in [2.75, 3.05) is 0 Å². The molecule has 2 rings (SSSR count). The molecule has 0 bridgehead atoms. The zero-order valence-electron chi connectivity index (χ0n) is 10.9. The Labute approximate surface area is 119 Å². The third-order valence-electron chi connectivity index (χ3n) is 3.06. The van der Waals surface area contributed by atoms with Crippen LogP contribution in [0.3, 0.4) is 0 Å². The zero-order chi connectivity index (χ0) is 15.4. The molecular formula is C14H12N2O5. The van der Waals surface area contributed by atoms with Crippen LogP contribution in [0.1, 0.15) is 15.9 Å². The van der Waals surface area contributed by atoms with Crippen molar-refractivity contribution in [1.29, 1.82) is 0 Å². The van der Waals surface area contributed by atoms with Crippen LogP contribution in [0, 0.1) is 10.1 Å². The molecule has 1 aromatic carbocycles. The van der Waals surface area contributed by atoms with E-state index in [4.69, 9.17) is 5.11 Å². The van der Waals surface area contributed by atoms with Crippen molar-refractivity contribution in [3.8, 4) is 0 Å². The highest BCUT2D eigenvalue weighted by atomic mass is 16.6. The van der Waals surface area contributed by atoms with E-state index in [0.29, 0.717) is 5.56 Å². The predicted molar refractivity (Wildman–Crippen MR) is 74.5 cm³/mol. The first-order valence-electron chi connectivity index (χ1n) is 6.15. The van der Waals surface area contributed by atoms with Crippen LogP contribution in [0.15, 0.2) is 47.4 Å². The van der Waals surface area contributed by atoms with Gasteiger partial charge in [0.1, 0.15) is 5.56 Å². The molecule has 0 radical (unpaired) electrons. The maximum atomic E-state index is 11.9. The smallest absolute Gasteiger partial charge is 0.341 e. The van der Waals surface area contributed by atoms with Crippen LogP contribution in [0.25, 0.3) is 0 Å². The van der Waals surface area contributed by atoms with Gasteiger partial charge in [-0.1, -0.05) is 18.2 Å². The number of hydrogen-bond donors (Lipinski definition) is 1. The summed E-state index contributed by atoms with van der Waals surface area (Å²) in [6.45, 7) is 0.171. The first kappa shape index (κ1) is 14.4. The Morgan fingerprint density at radius 3 is 2.62 bits per heavy atom. The van der Waals surface area contributed by atoms with Crippen LogP contribution in [-0.4, -0.2) is 20.6 Å². The Kier molecular flexibility index (Phi) is 4.13. The number of para-hydroxylation sites is 1. The van der Waals surface area contributed by atoms with E-state index in [1.54, 1.807) is 18.2 Å². The molecule has 0 atom stereocenters. The van der Waals surface area contributed by atoms with Gasteiger partial charge in [0.2, 0.25) is 0 Å². The number of nitro groups is 1. The minimum Gasteiger partial charge on any atom is -0.477 e. The number of aromatic carboxylic acids is 1. The van der Waals surface area contributed by atoms with E-state index >= 15 is 0 Å². The lowest BCUT2D eigenvalue weighted by atomic mass is 10.1. The fourth-order valence-corrected chi connectivity index (χ4v) is 2.02. The Hall–Kier alpha value is -2.96. The summed E-state index contributed by atoms with van der Waals surface area (Å²) in [5.74, 6) is -1.29. The molecule has 1 aromatic heterocycles. The van der Waals surface area contributed by atoms with Crippen molar-refractivity contribution in [3.63, 3.8) is 0 Å². The Bertz CT molecular complexity index is 751. The molecule has 0 spiro atoms. The van der Waals surface area contributed by atoms with Crippen LogP contribution in [0.2, 0.25) is 0 Å². The van der Waals surface area contributed by atoms with Gasteiger partial charge < -0.3 is 9.67 Å². The lowest BCUT2D eigenvalue weighted by Crippen LogP contribution is -2.26. The van der Waals surface area contributed by atoms with E-state index in [-0.39, 0.29) is 24.2 Å². The summed E-state index contributed by atoms with van der Waals surface area (Å²) in [4.78, 5) is 33.2. The normalized spacial score (nSPS) is 10.3. The van der Waals surface area contributed by atoms with Crippen molar-refractivity contribution in [2.24, 2.45) is 0 Å². The second-order valence-electron chi connectivity index (χ2n) is 4.36. The molecule has 0 saturated carbocycles. The lowest BCUT2D eigenvalue weighted by molar-refractivity contribution is -0.385. The fraction of sp³-hybridized carbons (Fsp3) is 0.143. The third-order valence-corrected chi connectivity index (χ3v) is 3.06. The third kappa shape index (κ3) is 3.14. The first-order chi connectivity index (χ1) is 10.0. The molecule has 0 fully saturated rings. The SMILES string of the molecule is O=C(O)c1cccn(CCc2ccccc2[N+](=O)[O-])c1=O. The number of benzene rings is 1. The van der Waals surface area contributed by atoms with E-state index in [1.807, 2.05) is 0 Å². The number of aryl methyl sites for hydroxylation is 2. The van der Waals surface area contributed by atoms with Crippen molar-refractivity contribution in [2.45, 2.75) is 13.0 Å². The number of carboxylic acids is 1. The van der Waals surface area contributed by atoms with Crippen molar-refractivity contribution < 1.29 is 14.8 Å². The number of carbonyl (C=O) groups is 1. The van der Waals surface area contributed by atoms with E-state index in [2.05, 4.69) is 0 Å². The topological polar surface area (TPSA) is 102 Å². The molecule has 2 aromatic rings. The van der Waals surface area contributed by atoms with Gasteiger partial charge in [-0.05, 0) is 18.6 Å². The summed E-state index contributed by atoms with van der Waals surface area (Å²) in [5, 5.41) is 19.8. The molecule has 7 heteroatoms. The molecule has 0 unspecified atom stereocenters. The van der Waals surface area contributed by atoms with Crippen LogP contribution in [0.5, 0.6) is 0 Å². The molecule has 1 heterocycles. The van der Waals surface area contributed by atoms with Crippen molar-refractivity contribution in [1.82, 2.24) is 4.57 Å². The number of nitro benzene ring substituents is 1. The number of hydrogen-bond acceptors (Lipinski definition) is 4. The van der Waals surface area contributed by atoms with Gasteiger partial charge in [-0.3, -0.25) is 14.9 Å². The van der Waals surface area contributed by atoms with Gasteiger partial charge in [0, 0.05) is 24.4 Å². The Morgan fingerprint density at radius 2 is 1.95 bits per heavy atom. The molecule has 0 aliphatic rings. The van der Waals surface area contributed by atoms with Crippen LogP contribution < -0.4 is 5.56 Å². The van der Waals surface area contributed by atoms with Gasteiger partial charge in [0.15, 0.2) is 0 Å². The molecule has 1 N–H and O–H groups in total. The first-order valence-corrected chi connectivity index (χ1v) is 6.15. The molecule has 7 nitrogen and oxygen atoms in total. The van der Waals surface area contributed by atoms with Crippen LogP contribution in [0.4, 0.5) is 5.69 Å². The molecule has 0 saturated heterocycles. The minimum absolute atomic E-state index is 0.0139. The lowest BCUT2D eigenvalue weighted by Gasteiger charge is -2.07. The van der Waals surface area contributed by atoms with Crippen LogP contribution >= 0.6 is 0 Å². The monoisotopic (exact) mass is 288 g/mol. The molecule has 0 aliphatic carbocycles. The molecule has 0 amide bonds. The number of rotatable bonds is 5. The summed E-state index contributed by atoms with van der Waals surface area (Å²) in [6.07, 6.45) is 1.73. The largest absolute Gasteiger partial charge is 0.477 e. The average molecular weight is 288 g/mol. The summed E-state index contributed by atoms with van der Waals surface area (Å²) in [7, 11) is 0. The van der Waals surface area contributed by atoms with Gasteiger partial charge in [0.05, 0.1) is 4.92 Å². The maximum absolute atomic E-state index is 11.9. The zero-order valence-corrected chi connectivity index (χ0v) is 10.9. The van der Waals surface area contributed by atoms with Gasteiger partial charge in [-0.2, -0.15) is 0 Å². The summed E-state index contributed by atoms with van der Waals surface area (Å²) in [6, 6.07) is 8.95. The van der Waals surface area contributed by atoms with Crippen molar-refractivity contribution in [3.05, 3.63) is 74.2 Å². The Balaban J connectivity index is 2.26. The second kappa shape index (κ2) is 6.00. The van der Waals surface area contributed by atoms with Gasteiger partial charge in [-0.25, -0.2) is 4.79 Å². The molecular weight excluding hydrogens is 276 g/mol. The molecule has 21 heavy (non-hydrogen) atoms. The maximum Gasteiger partial charge on any atom is 0.341 e. The highest BCUT2D eigenvalue weighted by Gasteiger charge is 2.14. The number of aromatic nitrogens is 1. The second-order valence-corrected chi connectivity index (χ2v) is 4.36. The number of nitrogens with zero attached hydrogens (tertiary/aromatic N) is 2. The standard InChI is InChI=1S/C14H12N2O5/c17-13-11(14(18)19)5-3-8-15(13)9-7-10-4-1-2-6-12(10)16(20)21/h1-6,8H,7,9H2,(H,18,19). The van der Waals surface area contributed by atoms with Gasteiger partial charge >= 0.3 is 5.97 Å². The highest BCUT2D eigenvalue weighted by molar-refractivity contribution is 5.86. The van der Waals surface area contributed by atoms with E-state index in [9.17, 15) is 19.7 Å². The molecule has 108 valence electrons. The van der Waals surface area contributed by atoms with Crippen LogP contribution in [-0.2, 0) is 13.0 Å². The number of carboxylic acid groups (broad SMARTS) is 1. The summed E-state index contributed by atoms with van der Waals surface area (Å²) < 4.78 is 1.24. The quantitative estimate of drug-likeness (QED) is 0.666. The molecule has 0 aliphatic heterocycles. The van der Waals surface area contributed by atoms with Gasteiger partial charge in [0.25, 0.3) is 11.2 Å². The van der Waals surface area contributed by atoms with Crippen molar-refractivity contribution >= 4 is 11.7 Å². The summed E-state index contributed by atoms with van der Waals surface area (Å²) >= 11 is 0. The number of pyridine rings is 1. The summed E-state index contributed by atoms with van der Waals surface area (Å²) in [5.41, 5.74) is -0.460. The van der Waals surface area contributed by atoms with E-state index < -0.39 is 16.5 Å². The van der Waals surface area contributed by atoms with E-state index in [0.717, 1.165) is 0 Å². The predicted octanol–water partition coefficient (Wildman–Crippen LogP) is 1.70. The average Bonchev–Trinajstić information content (AvgIpc) is 2.46.